The third kappa shape index (κ3) is 5.06. The molecule has 2 aromatic carbocycles. The maximum absolute atomic E-state index is 13.1. The molecular weight excluding hydrogens is 424 g/mol. The van der Waals surface area contributed by atoms with Crippen LogP contribution in [0.5, 0.6) is 5.75 Å². The van der Waals surface area contributed by atoms with E-state index in [0.29, 0.717) is 36.4 Å². The van der Waals surface area contributed by atoms with Crippen LogP contribution >= 0.6 is 0 Å². The molecule has 2 heterocycles. The molecule has 4 rings (SSSR count). The van der Waals surface area contributed by atoms with E-state index in [2.05, 4.69) is 5.32 Å². The van der Waals surface area contributed by atoms with E-state index in [1.165, 1.54) is 11.2 Å². The number of carbonyl (C=O) groups excluding carboxylic acids is 3. The highest BCUT2D eigenvalue weighted by molar-refractivity contribution is 5.98. The molecule has 1 saturated heterocycles. The molecule has 8 heteroatoms. The molecular formula is C25H24N2O6. The van der Waals surface area contributed by atoms with Gasteiger partial charge in [-0.25, -0.2) is 4.79 Å². The summed E-state index contributed by atoms with van der Waals surface area (Å²) in [6.07, 6.45) is 1.33. The molecule has 2 amide bonds. The number of nitrogens with zero attached hydrogens (tertiary/aromatic N) is 1. The lowest BCUT2D eigenvalue weighted by Gasteiger charge is -2.25. The first-order valence-corrected chi connectivity index (χ1v) is 10.6. The van der Waals surface area contributed by atoms with Crippen molar-refractivity contribution in [3.05, 3.63) is 84.3 Å². The van der Waals surface area contributed by atoms with Gasteiger partial charge in [0, 0.05) is 17.8 Å². The predicted molar refractivity (Wildman–Crippen MR) is 120 cm³/mol. The summed E-state index contributed by atoms with van der Waals surface area (Å²) in [6.45, 7) is 0.410. The van der Waals surface area contributed by atoms with Gasteiger partial charge in [-0.05, 0) is 49.2 Å². The van der Waals surface area contributed by atoms with Crippen molar-refractivity contribution in [1.82, 2.24) is 4.90 Å². The molecule has 1 aliphatic rings. The Balaban J connectivity index is 1.51. The number of amides is 2. The van der Waals surface area contributed by atoms with E-state index in [0.717, 1.165) is 0 Å². The monoisotopic (exact) mass is 448 g/mol. The molecule has 33 heavy (non-hydrogen) atoms. The van der Waals surface area contributed by atoms with Gasteiger partial charge in [0.1, 0.15) is 11.8 Å². The number of anilines is 1. The molecule has 0 bridgehead atoms. The third-order valence-corrected chi connectivity index (χ3v) is 5.45. The van der Waals surface area contributed by atoms with Crippen LogP contribution in [0.2, 0.25) is 0 Å². The van der Waals surface area contributed by atoms with Crippen molar-refractivity contribution in [2.24, 2.45) is 0 Å². The Morgan fingerprint density at radius 2 is 1.79 bits per heavy atom. The van der Waals surface area contributed by atoms with E-state index in [9.17, 15) is 14.4 Å². The van der Waals surface area contributed by atoms with Crippen molar-refractivity contribution >= 4 is 23.5 Å². The summed E-state index contributed by atoms with van der Waals surface area (Å²) in [7, 11) is 1.56. The molecule has 170 valence electrons. The summed E-state index contributed by atoms with van der Waals surface area (Å²) in [6, 6.07) is 18.0. The molecule has 8 nitrogen and oxygen atoms in total. The summed E-state index contributed by atoms with van der Waals surface area (Å²) < 4.78 is 16.0. The Morgan fingerprint density at radius 1 is 1.03 bits per heavy atom. The summed E-state index contributed by atoms with van der Waals surface area (Å²) >= 11 is 0. The van der Waals surface area contributed by atoms with Crippen LogP contribution in [0.1, 0.15) is 35.1 Å². The first kappa shape index (κ1) is 22.1. The molecule has 1 aromatic heterocycles. The lowest BCUT2D eigenvalue weighted by atomic mass is 10.1. The van der Waals surface area contributed by atoms with Gasteiger partial charge in [-0.15, -0.1) is 0 Å². The molecule has 2 atom stereocenters. The standard InChI is InChI=1S/C25H24N2O6/c1-31-19-13-11-18(12-14-19)26-23(28)22(17-7-3-2-4-8-17)33-25(30)20-9-5-15-27(20)24(29)21-10-6-16-32-21/h2-4,6-8,10-14,16,20,22H,5,9,15H2,1H3,(H,26,28)/t20-,22-/m1/s1. The SMILES string of the molecule is COc1ccc(NC(=O)[C@H](OC(=O)[C@H]2CCCN2C(=O)c2ccco2)c2ccccc2)cc1. The van der Waals surface area contributed by atoms with Crippen molar-refractivity contribution in [3.63, 3.8) is 0 Å². The number of furan rings is 1. The fraction of sp³-hybridized carbons (Fsp3) is 0.240. The third-order valence-electron chi connectivity index (χ3n) is 5.45. The van der Waals surface area contributed by atoms with Gasteiger partial charge in [0.15, 0.2) is 5.76 Å². The molecule has 0 spiro atoms. The lowest BCUT2D eigenvalue weighted by Crippen LogP contribution is -2.42. The second-order valence-corrected chi connectivity index (χ2v) is 7.58. The van der Waals surface area contributed by atoms with E-state index in [4.69, 9.17) is 13.9 Å². The average Bonchev–Trinajstić information content (AvgIpc) is 3.56. The topological polar surface area (TPSA) is 98.1 Å². The molecule has 0 saturated carbocycles. The van der Waals surface area contributed by atoms with E-state index < -0.39 is 24.0 Å². The first-order valence-electron chi connectivity index (χ1n) is 10.6. The zero-order valence-electron chi connectivity index (χ0n) is 18.1. The molecule has 0 radical (unpaired) electrons. The zero-order valence-corrected chi connectivity index (χ0v) is 18.1. The van der Waals surface area contributed by atoms with Crippen LogP contribution in [0.4, 0.5) is 5.69 Å². The lowest BCUT2D eigenvalue weighted by molar-refractivity contribution is -0.158. The minimum Gasteiger partial charge on any atom is -0.497 e. The number of ether oxygens (including phenoxy) is 2. The molecule has 3 aromatic rings. The Morgan fingerprint density at radius 3 is 2.45 bits per heavy atom. The quantitative estimate of drug-likeness (QED) is 0.552. The average molecular weight is 448 g/mol. The van der Waals surface area contributed by atoms with E-state index in [-0.39, 0.29) is 11.7 Å². The fourth-order valence-corrected chi connectivity index (χ4v) is 3.77. The van der Waals surface area contributed by atoms with Gasteiger partial charge in [-0.2, -0.15) is 0 Å². The Hall–Kier alpha value is -4.07. The smallest absolute Gasteiger partial charge is 0.329 e. The van der Waals surface area contributed by atoms with Crippen molar-refractivity contribution in [1.29, 1.82) is 0 Å². The largest absolute Gasteiger partial charge is 0.497 e. The minimum absolute atomic E-state index is 0.159. The van der Waals surface area contributed by atoms with E-state index in [1.54, 1.807) is 67.8 Å². The van der Waals surface area contributed by atoms with E-state index >= 15 is 0 Å². The van der Waals surface area contributed by atoms with E-state index in [1.807, 2.05) is 6.07 Å². The van der Waals surface area contributed by atoms with Crippen LogP contribution in [-0.2, 0) is 14.3 Å². The fourth-order valence-electron chi connectivity index (χ4n) is 3.77. The number of methoxy groups -OCH3 is 1. The van der Waals surface area contributed by atoms with Gasteiger partial charge in [0.2, 0.25) is 6.10 Å². The van der Waals surface area contributed by atoms with Crippen LogP contribution in [0.3, 0.4) is 0 Å². The molecule has 0 unspecified atom stereocenters. The highest BCUT2D eigenvalue weighted by Crippen LogP contribution is 2.26. The van der Waals surface area contributed by atoms with Gasteiger partial charge in [-0.1, -0.05) is 30.3 Å². The Labute approximate surface area is 191 Å². The second-order valence-electron chi connectivity index (χ2n) is 7.58. The van der Waals surface area contributed by atoms with Gasteiger partial charge in [0.05, 0.1) is 13.4 Å². The Bertz CT molecular complexity index is 1100. The Kier molecular flexibility index (Phi) is 6.73. The normalized spacial score (nSPS) is 16.2. The maximum Gasteiger partial charge on any atom is 0.329 e. The summed E-state index contributed by atoms with van der Waals surface area (Å²) in [5.74, 6) is -0.695. The zero-order chi connectivity index (χ0) is 23.2. The minimum atomic E-state index is -1.18. The van der Waals surface area contributed by atoms with Crippen molar-refractivity contribution in [2.45, 2.75) is 25.0 Å². The highest BCUT2D eigenvalue weighted by atomic mass is 16.6. The predicted octanol–water partition coefficient (Wildman–Crippen LogP) is 3.82. The number of hydrogen-bond acceptors (Lipinski definition) is 6. The second kappa shape index (κ2) is 10.0. The number of rotatable bonds is 7. The van der Waals surface area contributed by atoms with Gasteiger partial charge >= 0.3 is 5.97 Å². The van der Waals surface area contributed by atoms with Gasteiger partial charge < -0.3 is 24.1 Å². The summed E-state index contributed by atoms with van der Waals surface area (Å²) in [4.78, 5) is 40.4. The van der Waals surface area contributed by atoms with Gasteiger partial charge in [-0.3, -0.25) is 9.59 Å². The molecule has 0 aliphatic carbocycles. The van der Waals surface area contributed by atoms with Crippen LogP contribution in [-0.4, -0.2) is 42.4 Å². The molecule has 1 aliphatic heterocycles. The van der Waals surface area contributed by atoms with Crippen molar-refractivity contribution in [3.8, 4) is 5.75 Å². The van der Waals surface area contributed by atoms with Crippen LogP contribution in [0.25, 0.3) is 0 Å². The van der Waals surface area contributed by atoms with Crippen LogP contribution in [0, 0.1) is 0 Å². The summed E-state index contributed by atoms with van der Waals surface area (Å²) in [5.41, 5.74) is 1.06. The number of nitrogens with one attached hydrogen (secondary N) is 1. The molecule has 1 N–H and O–H groups in total. The molecule has 1 fully saturated rings. The number of esters is 1. The van der Waals surface area contributed by atoms with Crippen LogP contribution in [0.15, 0.2) is 77.4 Å². The number of likely N-dealkylation sites (tertiary alicyclic amines) is 1. The number of benzene rings is 2. The van der Waals surface area contributed by atoms with Gasteiger partial charge in [0.25, 0.3) is 11.8 Å². The number of hydrogen-bond donors (Lipinski definition) is 1. The maximum atomic E-state index is 13.1. The highest BCUT2D eigenvalue weighted by Gasteiger charge is 2.38. The first-order chi connectivity index (χ1) is 16.1. The number of carbonyl (C=O) groups is 3. The van der Waals surface area contributed by atoms with Crippen molar-refractivity contribution in [2.75, 3.05) is 19.0 Å². The van der Waals surface area contributed by atoms with Crippen molar-refractivity contribution < 1.29 is 28.3 Å². The van der Waals surface area contributed by atoms with Crippen LogP contribution < -0.4 is 10.1 Å². The summed E-state index contributed by atoms with van der Waals surface area (Å²) in [5, 5.41) is 2.78.